The van der Waals surface area contributed by atoms with Crippen molar-refractivity contribution in [1.82, 2.24) is 15.0 Å². The second kappa shape index (κ2) is 14.4. The molecule has 0 fully saturated rings. The van der Waals surface area contributed by atoms with Gasteiger partial charge in [0.05, 0.1) is 5.69 Å². The summed E-state index contributed by atoms with van der Waals surface area (Å²) in [7, 11) is 0. The average Bonchev–Trinajstić information content (AvgIpc) is 3.92. The van der Waals surface area contributed by atoms with Crippen LogP contribution in [0.1, 0.15) is 0 Å². The van der Waals surface area contributed by atoms with Gasteiger partial charge in [-0.3, -0.25) is 0 Å². The maximum atomic E-state index is 6.96. The molecule has 0 aliphatic rings. The Kier molecular flexibility index (Phi) is 8.28. The van der Waals surface area contributed by atoms with E-state index in [-0.39, 0.29) is 0 Å². The van der Waals surface area contributed by atoms with Crippen molar-refractivity contribution in [2.24, 2.45) is 0 Å². The van der Waals surface area contributed by atoms with Crippen LogP contribution in [0.25, 0.3) is 98.2 Å². The van der Waals surface area contributed by atoms with Crippen LogP contribution in [0.15, 0.2) is 211 Å². The van der Waals surface area contributed by atoms with Crippen molar-refractivity contribution in [3.8, 4) is 45.3 Å². The largest absolute Gasteiger partial charge is 0.454 e. The molecule has 12 aromatic rings. The van der Waals surface area contributed by atoms with Crippen LogP contribution in [-0.4, -0.2) is 15.0 Å². The summed E-state index contributed by atoms with van der Waals surface area (Å²) in [6.07, 6.45) is 0. The lowest BCUT2D eigenvalue weighted by molar-refractivity contribution is 0.669. The third kappa shape index (κ3) is 6.04. The van der Waals surface area contributed by atoms with Crippen LogP contribution in [-0.2, 0) is 0 Å². The number of fused-ring (bicyclic) bond motifs is 7. The molecule has 6 heteroatoms. The van der Waals surface area contributed by atoms with Gasteiger partial charge in [0.2, 0.25) is 0 Å². The second-order valence-electron chi connectivity index (χ2n) is 15.2. The summed E-state index contributed by atoms with van der Waals surface area (Å²) in [6.45, 7) is 0. The van der Waals surface area contributed by atoms with Gasteiger partial charge in [-0.15, -0.1) is 11.3 Å². The normalized spacial score (nSPS) is 11.6. The molecule has 0 atom stereocenters. The Balaban J connectivity index is 1.11. The van der Waals surface area contributed by atoms with Crippen LogP contribution in [0.3, 0.4) is 0 Å². The first-order valence-electron chi connectivity index (χ1n) is 20.3. The fraction of sp³-hybridized carbons (Fsp3) is 0. The molecule has 0 unspecified atom stereocenters. The predicted molar refractivity (Wildman–Crippen MR) is 254 cm³/mol. The Labute approximate surface area is 355 Å². The topological polar surface area (TPSA) is 55.1 Å². The van der Waals surface area contributed by atoms with E-state index >= 15 is 0 Å². The summed E-state index contributed by atoms with van der Waals surface area (Å²) in [5.74, 6) is 1.81. The average molecular weight is 799 g/mol. The van der Waals surface area contributed by atoms with E-state index in [0.717, 1.165) is 72.0 Å². The molecule has 0 aliphatic carbocycles. The molecule has 0 amide bonds. The monoisotopic (exact) mass is 798 g/mol. The fourth-order valence-electron chi connectivity index (χ4n) is 8.65. The lowest BCUT2D eigenvalue weighted by atomic mass is 10.0. The molecule has 3 aromatic heterocycles. The van der Waals surface area contributed by atoms with E-state index in [2.05, 4.69) is 175 Å². The molecule has 286 valence electrons. The summed E-state index contributed by atoms with van der Waals surface area (Å²) in [5.41, 5.74) is 9.55. The molecular weight excluding hydrogens is 765 g/mol. The minimum absolute atomic E-state index is 0.577. The Morgan fingerprint density at radius 3 is 1.80 bits per heavy atom. The van der Waals surface area contributed by atoms with Crippen molar-refractivity contribution in [1.29, 1.82) is 0 Å². The van der Waals surface area contributed by atoms with Crippen LogP contribution in [0, 0.1) is 0 Å². The van der Waals surface area contributed by atoms with Crippen LogP contribution in [0.2, 0.25) is 0 Å². The first-order valence-corrected chi connectivity index (χ1v) is 21.2. The molecule has 0 aliphatic heterocycles. The maximum absolute atomic E-state index is 6.96. The van der Waals surface area contributed by atoms with E-state index in [0.29, 0.717) is 17.5 Å². The number of hydrogen-bond donors (Lipinski definition) is 0. The Morgan fingerprint density at radius 2 is 1.00 bits per heavy atom. The smallest absolute Gasteiger partial charge is 0.164 e. The molecule has 0 bridgehead atoms. The SMILES string of the molecule is c1ccc(-c2ccc(N(c3ccc4ccccc4c3)c3ccc(-c4nc(-c5ccccc5)nc(-c5cccc6sc7ccccc7c56)n4)c4c3oc3ccccc34)cc2)cc1. The second-order valence-corrected chi connectivity index (χ2v) is 16.2. The van der Waals surface area contributed by atoms with Gasteiger partial charge in [-0.1, -0.05) is 152 Å². The summed E-state index contributed by atoms with van der Waals surface area (Å²) in [4.78, 5) is 18.1. The lowest BCUT2D eigenvalue weighted by Gasteiger charge is -2.26. The van der Waals surface area contributed by atoms with Crippen LogP contribution >= 0.6 is 11.3 Å². The number of aromatic nitrogens is 3. The number of hydrogen-bond acceptors (Lipinski definition) is 6. The first-order chi connectivity index (χ1) is 30.2. The van der Waals surface area contributed by atoms with Gasteiger partial charge in [0.15, 0.2) is 23.1 Å². The van der Waals surface area contributed by atoms with E-state index < -0.39 is 0 Å². The van der Waals surface area contributed by atoms with Crippen molar-refractivity contribution in [2.75, 3.05) is 4.90 Å². The van der Waals surface area contributed by atoms with E-state index in [1.54, 1.807) is 11.3 Å². The van der Waals surface area contributed by atoms with Gasteiger partial charge in [0, 0.05) is 59.0 Å². The van der Waals surface area contributed by atoms with E-state index in [4.69, 9.17) is 19.4 Å². The molecule has 0 N–H and O–H groups in total. The van der Waals surface area contributed by atoms with Gasteiger partial charge in [-0.25, -0.2) is 15.0 Å². The van der Waals surface area contributed by atoms with E-state index in [1.807, 2.05) is 36.4 Å². The van der Waals surface area contributed by atoms with Gasteiger partial charge in [0.1, 0.15) is 5.58 Å². The Morgan fingerprint density at radius 1 is 0.393 bits per heavy atom. The van der Waals surface area contributed by atoms with Crippen molar-refractivity contribution in [3.63, 3.8) is 0 Å². The summed E-state index contributed by atoms with van der Waals surface area (Å²) < 4.78 is 9.39. The minimum atomic E-state index is 0.577. The summed E-state index contributed by atoms with van der Waals surface area (Å²) >= 11 is 1.79. The molecule has 5 nitrogen and oxygen atoms in total. The fourth-order valence-corrected chi connectivity index (χ4v) is 9.78. The molecule has 12 rings (SSSR count). The van der Waals surface area contributed by atoms with Gasteiger partial charge in [0.25, 0.3) is 0 Å². The van der Waals surface area contributed by atoms with Gasteiger partial charge in [-0.2, -0.15) is 0 Å². The van der Waals surface area contributed by atoms with E-state index in [9.17, 15) is 0 Å². The highest BCUT2D eigenvalue weighted by Crippen LogP contribution is 2.47. The zero-order valence-electron chi connectivity index (χ0n) is 32.7. The molecule has 0 spiro atoms. The highest BCUT2D eigenvalue weighted by atomic mass is 32.1. The van der Waals surface area contributed by atoms with Crippen molar-refractivity contribution < 1.29 is 4.42 Å². The number of anilines is 3. The molecule has 0 radical (unpaired) electrons. The van der Waals surface area contributed by atoms with E-state index in [1.165, 1.54) is 25.7 Å². The first kappa shape index (κ1) is 35.1. The molecule has 0 saturated heterocycles. The highest BCUT2D eigenvalue weighted by Gasteiger charge is 2.25. The van der Waals surface area contributed by atoms with Crippen molar-refractivity contribution >= 4 is 81.3 Å². The molecule has 0 saturated carbocycles. The summed E-state index contributed by atoms with van der Waals surface area (Å²) in [5, 5.41) is 6.61. The number of furan rings is 1. The van der Waals surface area contributed by atoms with Crippen LogP contribution in [0.4, 0.5) is 17.1 Å². The van der Waals surface area contributed by atoms with Crippen molar-refractivity contribution in [3.05, 3.63) is 206 Å². The van der Waals surface area contributed by atoms with Crippen LogP contribution < -0.4 is 4.90 Å². The summed E-state index contributed by atoms with van der Waals surface area (Å²) in [6, 6.07) is 72.1. The highest BCUT2D eigenvalue weighted by molar-refractivity contribution is 7.25. The third-order valence-electron chi connectivity index (χ3n) is 11.5. The van der Waals surface area contributed by atoms with Gasteiger partial charge < -0.3 is 9.32 Å². The minimum Gasteiger partial charge on any atom is -0.454 e. The zero-order valence-corrected chi connectivity index (χ0v) is 33.6. The predicted octanol–water partition coefficient (Wildman–Crippen LogP) is 15.4. The molecule has 3 heterocycles. The number of thiophene rings is 1. The van der Waals surface area contributed by atoms with Gasteiger partial charge in [-0.05, 0) is 76.5 Å². The number of rotatable bonds is 7. The Hall–Kier alpha value is -7.93. The number of nitrogens with zero attached hydrogens (tertiary/aromatic N) is 4. The zero-order chi connectivity index (χ0) is 40.3. The van der Waals surface area contributed by atoms with Crippen molar-refractivity contribution in [2.45, 2.75) is 0 Å². The van der Waals surface area contributed by atoms with Gasteiger partial charge >= 0.3 is 0 Å². The maximum Gasteiger partial charge on any atom is 0.164 e. The number of para-hydroxylation sites is 1. The standard InChI is InChI=1S/C55H34N4OS/c1-3-14-35(15-4-1)37-26-29-40(30-27-37)59(41-31-28-36-16-7-8-19-39(36)34-41)46-33-32-45(51-42-20-9-11-23-47(42)60-52(46)51)55-57-53(38-17-5-2-6-18-38)56-54(58-55)44-22-13-25-49-50(44)43-21-10-12-24-48(43)61-49/h1-34H. The van der Waals surface area contributed by atoms with Crippen LogP contribution in [0.5, 0.6) is 0 Å². The molecule has 61 heavy (non-hydrogen) atoms. The number of benzene rings is 9. The molecule has 9 aromatic carbocycles. The lowest BCUT2D eigenvalue weighted by Crippen LogP contribution is -2.10. The quantitative estimate of drug-likeness (QED) is 0.161. The molecular formula is C55H34N4OS. The third-order valence-corrected chi connectivity index (χ3v) is 12.7. The Bertz CT molecular complexity index is 3600.